The van der Waals surface area contributed by atoms with Gasteiger partial charge in [-0.05, 0) is 13.0 Å². The second-order valence-electron chi connectivity index (χ2n) is 3.60. The number of aliphatic imine (C=N–C) groups is 1. The number of rotatable bonds is 1. The van der Waals surface area contributed by atoms with Crippen molar-refractivity contribution in [2.75, 3.05) is 17.6 Å². The fourth-order valence-electron chi connectivity index (χ4n) is 1.68. The Labute approximate surface area is 96.8 Å². The highest BCUT2D eigenvalue weighted by Crippen LogP contribution is 2.22. The topological polar surface area (TPSA) is 66.0 Å². The molecular formula is C10H11N5S. The molecule has 6 heteroatoms. The minimum Gasteiger partial charge on any atom is -0.343 e. The molecule has 0 fully saturated rings. The van der Waals surface area contributed by atoms with Crippen molar-refractivity contribution < 1.29 is 0 Å². The average Bonchev–Trinajstić information content (AvgIpc) is 2.86. The van der Waals surface area contributed by atoms with Gasteiger partial charge in [0.2, 0.25) is 0 Å². The van der Waals surface area contributed by atoms with Crippen LogP contribution in [0.2, 0.25) is 0 Å². The molecule has 2 aromatic rings. The van der Waals surface area contributed by atoms with Gasteiger partial charge in [0.25, 0.3) is 0 Å². The molecule has 0 bridgehead atoms. The lowest BCUT2D eigenvalue weighted by atomic mass is 10.3. The second kappa shape index (κ2) is 3.79. The lowest BCUT2D eigenvalue weighted by Gasteiger charge is -2.04. The number of aromatic nitrogens is 3. The number of anilines is 1. The maximum absolute atomic E-state index is 4.34. The Hall–Kier alpha value is -1.56. The molecule has 3 heterocycles. The maximum Gasteiger partial charge on any atom is 0.162 e. The molecular weight excluding hydrogens is 222 g/mol. The first kappa shape index (κ1) is 9.65. The lowest BCUT2D eigenvalue weighted by molar-refractivity contribution is 1.17. The Morgan fingerprint density at radius 1 is 1.44 bits per heavy atom. The first-order valence-corrected chi connectivity index (χ1v) is 6.06. The summed E-state index contributed by atoms with van der Waals surface area (Å²) in [6.07, 6.45) is 1.56. The zero-order chi connectivity index (χ0) is 11.0. The molecule has 0 spiro atoms. The van der Waals surface area contributed by atoms with Gasteiger partial charge in [-0.2, -0.15) is 0 Å². The van der Waals surface area contributed by atoms with E-state index in [0.717, 1.165) is 40.0 Å². The average molecular weight is 233 g/mol. The van der Waals surface area contributed by atoms with E-state index in [9.17, 15) is 0 Å². The van der Waals surface area contributed by atoms with Crippen molar-refractivity contribution >= 4 is 33.8 Å². The van der Waals surface area contributed by atoms with Gasteiger partial charge < -0.3 is 10.3 Å². The number of H-pyrrole nitrogens is 1. The van der Waals surface area contributed by atoms with Crippen LogP contribution in [0.25, 0.3) is 11.0 Å². The molecule has 0 unspecified atom stereocenters. The van der Waals surface area contributed by atoms with Crippen LogP contribution in [-0.2, 0) is 0 Å². The molecule has 0 radical (unpaired) electrons. The molecule has 16 heavy (non-hydrogen) atoms. The standard InChI is InChI=1S/C10H11N5S/c1-6-4-7-8(14-6)12-5-13-9(7)15-10-11-2-3-16-10/h4-5H,2-3H2,1H3,(H2,11,12,13,14,15). The molecule has 1 aliphatic heterocycles. The molecule has 0 saturated carbocycles. The van der Waals surface area contributed by atoms with Gasteiger partial charge >= 0.3 is 0 Å². The number of fused-ring (bicyclic) bond motifs is 1. The van der Waals surface area contributed by atoms with Crippen molar-refractivity contribution in [2.24, 2.45) is 4.99 Å². The Morgan fingerprint density at radius 3 is 3.19 bits per heavy atom. The number of aryl methyl sites for hydroxylation is 1. The molecule has 1 aliphatic rings. The zero-order valence-electron chi connectivity index (χ0n) is 8.82. The first-order valence-electron chi connectivity index (χ1n) is 5.07. The monoisotopic (exact) mass is 233 g/mol. The van der Waals surface area contributed by atoms with Crippen molar-refractivity contribution in [1.82, 2.24) is 15.0 Å². The van der Waals surface area contributed by atoms with Crippen molar-refractivity contribution in [2.45, 2.75) is 6.92 Å². The number of thioether (sulfide) groups is 1. The molecule has 2 N–H and O–H groups in total. The third-order valence-electron chi connectivity index (χ3n) is 2.37. The van der Waals surface area contributed by atoms with Gasteiger partial charge in [-0.1, -0.05) is 11.8 Å². The molecule has 0 amide bonds. The van der Waals surface area contributed by atoms with E-state index in [-0.39, 0.29) is 0 Å². The highest BCUT2D eigenvalue weighted by molar-refractivity contribution is 8.14. The number of hydrogen-bond donors (Lipinski definition) is 2. The highest BCUT2D eigenvalue weighted by atomic mass is 32.2. The van der Waals surface area contributed by atoms with Crippen molar-refractivity contribution in [3.05, 3.63) is 18.1 Å². The van der Waals surface area contributed by atoms with Crippen molar-refractivity contribution in [3.8, 4) is 0 Å². The summed E-state index contributed by atoms with van der Waals surface area (Å²) in [5.74, 6) is 1.87. The van der Waals surface area contributed by atoms with Gasteiger partial charge in [0.05, 0.1) is 11.9 Å². The highest BCUT2D eigenvalue weighted by Gasteiger charge is 2.11. The van der Waals surface area contributed by atoms with Gasteiger partial charge in [-0.25, -0.2) is 9.97 Å². The van der Waals surface area contributed by atoms with E-state index in [1.54, 1.807) is 18.1 Å². The van der Waals surface area contributed by atoms with E-state index in [1.165, 1.54) is 0 Å². The van der Waals surface area contributed by atoms with Gasteiger partial charge in [-0.15, -0.1) is 0 Å². The molecule has 0 aliphatic carbocycles. The molecule has 82 valence electrons. The summed E-state index contributed by atoms with van der Waals surface area (Å²) in [5.41, 5.74) is 1.94. The fourth-order valence-corrected chi connectivity index (χ4v) is 2.41. The van der Waals surface area contributed by atoms with Crippen LogP contribution in [-0.4, -0.2) is 32.4 Å². The molecule has 3 rings (SSSR count). The van der Waals surface area contributed by atoms with Crippen molar-refractivity contribution in [3.63, 3.8) is 0 Å². The Kier molecular flexibility index (Phi) is 2.28. The van der Waals surface area contributed by atoms with E-state index >= 15 is 0 Å². The van der Waals surface area contributed by atoms with Crippen LogP contribution in [0.3, 0.4) is 0 Å². The third-order valence-corrected chi connectivity index (χ3v) is 3.26. The summed E-state index contributed by atoms with van der Waals surface area (Å²) in [4.78, 5) is 16.0. The quantitative estimate of drug-likeness (QED) is 0.788. The summed E-state index contributed by atoms with van der Waals surface area (Å²) in [6, 6.07) is 2.04. The molecule has 0 atom stereocenters. The van der Waals surface area contributed by atoms with Gasteiger partial charge in [0.15, 0.2) is 5.17 Å². The lowest BCUT2D eigenvalue weighted by Crippen LogP contribution is -2.06. The largest absolute Gasteiger partial charge is 0.343 e. The maximum atomic E-state index is 4.34. The van der Waals surface area contributed by atoms with Gasteiger partial charge in [0.1, 0.15) is 17.8 Å². The minimum absolute atomic E-state index is 0.822. The van der Waals surface area contributed by atoms with Crippen LogP contribution in [0, 0.1) is 6.92 Å². The van der Waals surface area contributed by atoms with Crippen LogP contribution in [0.4, 0.5) is 5.82 Å². The first-order chi connectivity index (χ1) is 7.83. The summed E-state index contributed by atoms with van der Waals surface area (Å²) in [7, 11) is 0. The van der Waals surface area contributed by atoms with E-state index in [0.29, 0.717) is 0 Å². The predicted octanol–water partition coefficient (Wildman–Crippen LogP) is 1.78. The van der Waals surface area contributed by atoms with Crippen molar-refractivity contribution in [1.29, 1.82) is 0 Å². The molecule has 2 aromatic heterocycles. The van der Waals surface area contributed by atoms with E-state index in [2.05, 4.69) is 25.3 Å². The Bertz CT molecular complexity index is 559. The van der Waals surface area contributed by atoms with E-state index in [1.807, 2.05) is 13.0 Å². The third kappa shape index (κ3) is 1.65. The van der Waals surface area contributed by atoms with Crippen LogP contribution in [0.5, 0.6) is 0 Å². The number of aromatic amines is 1. The van der Waals surface area contributed by atoms with Crippen LogP contribution in [0.1, 0.15) is 5.69 Å². The zero-order valence-corrected chi connectivity index (χ0v) is 9.64. The number of nitrogens with zero attached hydrogens (tertiary/aromatic N) is 3. The second-order valence-corrected chi connectivity index (χ2v) is 4.68. The fraction of sp³-hybridized carbons (Fsp3) is 0.300. The van der Waals surface area contributed by atoms with Gasteiger partial charge in [-0.3, -0.25) is 4.99 Å². The number of nitrogens with one attached hydrogen (secondary N) is 2. The summed E-state index contributed by atoms with van der Waals surface area (Å²) in [5, 5.41) is 5.19. The summed E-state index contributed by atoms with van der Waals surface area (Å²) >= 11 is 1.72. The van der Waals surface area contributed by atoms with Crippen LogP contribution >= 0.6 is 11.8 Å². The summed E-state index contributed by atoms with van der Waals surface area (Å²) < 4.78 is 0. The van der Waals surface area contributed by atoms with Gasteiger partial charge in [0, 0.05) is 11.4 Å². The predicted molar refractivity (Wildman–Crippen MR) is 67.0 cm³/mol. The number of hydrogen-bond acceptors (Lipinski definition) is 5. The molecule has 0 aromatic carbocycles. The Morgan fingerprint density at radius 2 is 2.38 bits per heavy atom. The van der Waals surface area contributed by atoms with Crippen LogP contribution < -0.4 is 5.32 Å². The van der Waals surface area contributed by atoms with E-state index in [4.69, 9.17) is 0 Å². The minimum atomic E-state index is 0.822. The Balaban J connectivity index is 2.02. The SMILES string of the molecule is Cc1cc2c(NC3=NCCS3)ncnc2[nH]1. The van der Waals surface area contributed by atoms with Crippen LogP contribution in [0.15, 0.2) is 17.4 Å². The van der Waals surface area contributed by atoms with E-state index < -0.39 is 0 Å². The normalized spacial score (nSPS) is 15.4. The molecule has 5 nitrogen and oxygen atoms in total. The smallest absolute Gasteiger partial charge is 0.162 e. The molecule has 0 saturated heterocycles. The summed E-state index contributed by atoms with van der Waals surface area (Å²) in [6.45, 7) is 2.89. The number of amidine groups is 1.